The highest BCUT2D eigenvalue weighted by Crippen LogP contribution is 2.21. The molecule has 102 valence electrons. The number of hydrogen-bond donors (Lipinski definition) is 3. The van der Waals surface area contributed by atoms with Crippen molar-refractivity contribution in [2.75, 3.05) is 20.3 Å². The van der Waals surface area contributed by atoms with Crippen LogP contribution in [0.15, 0.2) is 15.9 Å². The molecule has 0 saturated heterocycles. The van der Waals surface area contributed by atoms with Crippen molar-refractivity contribution in [3.8, 4) is 0 Å². The van der Waals surface area contributed by atoms with E-state index in [0.717, 1.165) is 8.66 Å². The van der Waals surface area contributed by atoms with Crippen LogP contribution in [0.4, 0.5) is 4.79 Å². The first-order valence-corrected chi connectivity index (χ1v) is 7.15. The van der Waals surface area contributed by atoms with Gasteiger partial charge in [0.2, 0.25) is 0 Å². The average molecular weight is 337 g/mol. The summed E-state index contributed by atoms with van der Waals surface area (Å²) >= 11 is 4.94. The van der Waals surface area contributed by atoms with Crippen molar-refractivity contribution < 1.29 is 14.6 Å². The molecule has 1 aromatic rings. The Morgan fingerprint density at radius 3 is 2.94 bits per heavy atom. The van der Waals surface area contributed by atoms with Crippen molar-refractivity contribution in [3.63, 3.8) is 0 Å². The highest BCUT2D eigenvalue weighted by Gasteiger charge is 2.10. The molecule has 5 nitrogen and oxygen atoms in total. The van der Waals surface area contributed by atoms with Crippen molar-refractivity contribution in [1.82, 2.24) is 10.6 Å². The first-order valence-electron chi connectivity index (χ1n) is 5.54. The lowest BCUT2D eigenvalue weighted by Gasteiger charge is -2.16. The van der Waals surface area contributed by atoms with Crippen LogP contribution in [-0.4, -0.2) is 37.5 Å². The molecule has 0 bridgehead atoms. The highest BCUT2D eigenvalue weighted by atomic mass is 79.9. The number of carbonyl (C=O) groups is 1. The maximum absolute atomic E-state index is 11.6. The van der Waals surface area contributed by atoms with Gasteiger partial charge in [-0.15, -0.1) is 11.3 Å². The van der Waals surface area contributed by atoms with Crippen LogP contribution in [-0.2, 0) is 11.3 Å². The second-order valence-electron chi connectivity index (χ2n) is 3.69. The molecule has 1 rings (SSSR count). The van der Waals surface area contributed by atoms with E-state index in [1.165, 1.54) is 0 Å². The second-order valence-corrected chi connectivity index (χ2v) is 6.24. The third-order valence-electron chi connectivity index (χ3n) is 2.28. The second kappa shape index (κ2) is 8.47. The molecule has 1 heterocycles. The summed E-state index contributed by atoms with van der Waals surface area (Å²) < 4.78 is 5.94. The first kappa shape index (κ1) is 15.4. The largest absolute Gasteiger partial charge is 0.394 e. The molecule has 0 aliphatic heterocycles. The van der Waals surface area contributed by atoms with Crippen molar-refractivity contribution in [2.45, 2.75) is 19.0 Å². The van der Waals surface area contributed by atoms with E-state index >= 15 is 0 Å². The lowest BCUT2D eigenvalue weighted by Crippen LogP contribution is -2.43. The molecule has 0 unspecified atom stereocenters. The van der Waals surface area contributed by atoms with Gasteiger partial charge in [0.25, 0.3) is 0 Å². The van der Waals surface area contributed by atoms with E-state index in [9.17, 15) is 4.79 Å². The fourth-order valence-electron chi connectivity index (χ4n) is 1.32. The Bertz CT molecular complexity index is 373. The number of aliphatic hydroxyl groups excluding tert-OH is 1. The number of aliphatic hydroxyl groups is 1. The van der Waals surface area contributed by atoms with Crippen LogP contribution in [0.25, 0.3) is 0 Å². The summed E-state index contributed by atoms with van der Waals surface area (Å²) in [6.07, 6.45) is 0.588. The van der Waals surface area contributed by atoms with Gasteiger partial charge in [-0.2, -0.15) is 0 Å². The van der Waals surface area contributed by atoms with E-state index in [-0.39, 0.29) is 18.7 Å². The summed E-state index contributed by atoms with van der Waals surface area (Å²) in [5.74, 6) is 0. The number of hydrogen-bond acceptors (Lipinski definition) is 4. The number of urea groups is 1. The molecule has 0 fully saturated rings. The third kappa shape index (κ3) is 5.81. The fourth-order valence-corrected chi connectivity index (χ4v) is 2.74. The minimum atomic E-state index is -0.283. The zero-order chi connectivity index (χ0) is 13.4. The predicted molar refractivity (Wildman–Crippen MR) is 74.8 cm³/mol. The number of rotatable bonds is 7. The maximum Gasteiger partial charge on any atom is 0.315 e. The molecule has 1 aromatic heterocycles. The fraction of sp³-hybridized carbons (Fsp3) is 0.545. The number of halogens is 1. The molecule has 0 saturated carbocycles. The molecule has 0 aliphatic carbocycles. The molecule has 1 atom stereocenters. The van der Waals surface area contributed by atoms with Gasteiger partial charge in [-0.1, -0.05) is 0 Å². The summed E-state index contributed by atoms with van der Waals surface area (Å²) in [6.45, 7) is 0.884. The number of amides is 2. The van der Waals surface area contributed by atoms with E-state index in [1.807, 2.05) is 12.1 Å². The van der Waals surface area contributed by atoms with E-state index in [1.54, 1.807) is 18.4 Å². The Hall–Kier alpha value is -0.630. The van der Waals surface area contributed by atoms with E-state index in [2.05, 4.69) is 26.6 Å². The molecule has 3 N–H and O–H groups in total. The summed E-state index contributed by atoms with van der Waals surface area (Å²) in [5.41, 5.74) is 0. The number of methoxy groups -OCH3 is 1. The molecule has 0 radical (unpaired) electrons. The molecule has 0 spiro atoms. The van der Waals surface area contributed by atoms with E-state index in [4.69, 9.17) is 9.84 Å². The van der Waals surface area contributed by atoms with Crippen molar-refractivity contribution in [3.05, 3.63) is 20.8 Å². The van der Waals surface area contributed by atoms with E-state index < -0.39 is 0 Å². The Morgan fingerprint density at radius 2 is 2.39 bits per heavy atom. The lowest BCUT2D eigenvalue weighted by molar-refractivity contribution is 0.159. The monoisotopic (exact) mass is 336 g/mol. The Morgan fingerprint density at radius 1 is 1.61 bits per heavy atom. The molecule has 18 heavy (non-hydrogen) atoms. The summed E-state index contributed by atoms with van der Waals surface area (Å²) in [6, 6.07) is 3.33. The Labute approximate surface area is 119 Å². The summed E-state index contributed by atoms with van der Waals surface area (Å²) in [5, 5.41) is 14.5. The van der Waals surface area contributed by atoms with Gasteiger partial charge in [-0.25, -0.2) is 4.79 Å². The average Bonchev–Trinajstić information content (AvgIpc) is 2.78. The summed E-state index contributed by atoms with van der Waals surface area (Å²) in [4.78, 5) is 12.6. The van der Waals surface area contributed by atoms with E-state index in [0.29, 0.717) is 19.6 Å². The van der Waals surface area contributed by atoms with Crippen LogP contribution < -0.4 is 10.6 Å². The van der Waals surface area contributed by atoms with Crippen LogP contribution in [0.5, 0.6) is 0 Å². The smallest absolute Gasteiger partial charge is 0.315 e. The van der Waals surface area contributed by atoms with Gasteiger partial charge in [0.1, 0.15) is 0 Å². The van der Waals surface area contributed by atoms with Crippen molar-refractivity contribution >= 4 is 33.3 Å². The molecular formula is C11H17BrN2O3S. The molecule has 0 aliphatic rings. The zero-order valence-electron chi connectivity index (χ0n) is 10.1. The molecule has 2 amide bonds. The number of thiophene rings is 1. The van der Waals surface area contributed by atoms with Crippen molar-refractivity contribution in [2.24, 2.45) is 0 Å². The third-order valence-corrected chi connectivity index (χ3v) is 3.90. The van der Waals surface area contributed by atoms with Gasteiger partial charge in [0.05, 0.1) is 23.0 Å². The van der Waals surface area contributed by atoms with Crippen LogP contribution >= 0.6 is 27.3 Å². The Balaban J connectivity index is 2.27. The first-order chi connectivity index (χ1) is 8.65. The minimum absolute atomic E-state index is 0.0959. The molecule has 0 aromatic carbocycles. The predicted octanol–water partition coefficient (Wildman–Crippen LogP) is 1.71. The van der Waals surface area contributed by atoms with Gasteiger partial charge in [-0.05, 0) is 34.5 Å². The lowest BCUT2D eigenvalue weighted by atomic mass is 10.2. The van der Waals surface area contributed by atoms with Crippen molar-refractivity contribution in [1.29, 1.82) is 0 Å². The number of nitrogens with one attached hydrogen (secondary N) is 2. The number of ether oxygens (including phenoxy) is 1. The van der Waals surface area contributed by atoms with Gasteiger partial charge < -0.3 is 20.5 Å². The minimum Gasteiger partial charge on any atom is -0.394 e. The molecular weight excluding hydrogens is 320 g/mol. The van der Waals surface area contributed by atoms with Crippen LogP contribution in [0.2, 0.25) is 0 Å². The standard InChI is InChI=1S/C11H17BrN2O3S/c1-17-5-4-8(7-15)14-11(16)13-6-9-2-3-10(12)18-9/h2-3,8,15H,4-7H2,1H3,(H2,13,14,16)/t8-/m0/s1. The van der Waals surface area contributed by atoms with Gasteiger partial charge in [0, 0.05) is 18.6 Å². The topological polar surface area (TPSA) is 70.6 Å². The SMILES string of the molecule is COCC[C@@H](CO)NC(=O)NCc1ccc(Br)s1. The number of carbonyl (C=O) groups excluding carboxylic acids is 1. The molecule has 7 heteroatoms. The summed E-state index contributed by atoms with van der Waals surface area (Å²) in [7, 11) is 1.59. The van der Waals surface area contributed by atoms with Crippen LogP contribution in [0.3, 0.4) is 0 Å². The zero-order valence-corrected chi connectivity index (χ0v) is 12.5. The van der Waals surface area contributed by atoms with Crippen LogP contribution in [0, 0.1) is 0 Å². The maximum atomic E-state index is 11.6. The highest BCUT2D eigenvalue weighted by molar-refractivity contribution is 9.11. The van der Waals surface area contributed by atoms with Gasteiger partial charge >= 0.3 is 6.03 Å². The Kier molecular flexibility index (Phi) is 7.26. The van der Waals surface area contributed by atoms with Gasteiger partial charge in [-0.3, -0.25) is 0 Å². The van der Waals surface area contributed by atoms with Gasteiger partial charge in [0.15, 0.2) is 0 Å². The van der Waals surface area contributed by atoms with Crippen LogP contribution in [0.1, 0.15) is 11.3 Å². The quantitative estimate of drug-likeness (QED) is 0.709. The normalized spacial score (nSPS) is 12.2.